The molecule has 0 aromatic heterocycles. The summed E-state index contributed by atoms with van der Waals surface area (Å²) >= 11 is 1.66. The van der Waals surface area contributed by atoms with Gasteiger partial charge in [0.1, 0.15) is 0 Å². The molecule has 0 unspecified atom stereocenters. The zero-order chi connectivity index (χ0) is 12.5. The van der Waals surface area contributed by atoms with Crippen molar-refractivity contribution in [1.29, 1.82) is 0 Å². The molecule has 1 aliphatic rings. The molecule has 1 aromatic carbocycles. The Bertz CT molecular complexity index is 416. The predicted molar refractivity (Wildman–Crippen MR) is 76.2 cm³/mol. The first kappa shape index (κ1) is 13.7. The summed E-state index contributed by atoms with van der Waals surface area (Å²) in [5.74, 6) is 0.415. The van der Waals surface area contributed by atoms with Crippen molar-refractivity contribution in [2.24, 2.45) is 0 Å². The second kappa shape index (κ2) is 7.80. The zero-order valence-electron chi connectivity index (χ0n) is 10.3. The van der Waals surface area contributed by atoms with E-state index in [1.54, 1.807) is 11.8 Å². The lowest BCUT2D eigenvalue weighted by molar-refractivity contribution is 0.401. The van der Waals surface area contributed by atoms with Gasteiger partial charge in [-0.2, -0.15) is 0 Å². The molecule has 0 bridgehead atoms. The van der Waals surface area contributed by atoms with Crippen LogP contribution in [-0.2, 0) is 0 Å². The van der Waals surface area contributed by atoms with Crippen LogP contribution in [0.1, 0.15) is 20.3 Å². The quantitative estimate of drug-likeness (QED) is 0.784. The molecule has 2 heteroatoms. The molecule has 0 saturated carbocycles. The van der Waals surface area contributed by atoms with Crippen LogP contribution in [0.25, 0.3) is 0 Å². The molecule has 1 aliphatic carbocycles. The number of benzene rings is 1. The highest BCUT2D eigenvalue weighted by Crippen LogP contribution is 2.29. The van der Waals surface area contributed by atoms with Crippen LogP contribution in [0, 0.1) is 0 Å². The van der Waals surface area contributed by atoms with Crippen LogP contribution < -0.4 is 0 Å². The van der Waals surface area contributed by atoms with Gasteiger partial charge in [0, 0.05) is 16.2 Å². The maximum atomic E-state index is 9.49. The second-order valence-electron chi connectivity index (χ2n) is 3.25. The van der Waals surface area contributed by atoms with Crippen molar-refractivity contribution in [3.63, 3.8) is 0 Å². The van der Waals surface area contributed by atoms with Crippen molar-refractivity contribution in [1.82, 2.24) is 0 Å². The Labute approximate surface area is 108 Å². The number of thioether (sulfide) groups is 1. The minimum atomic E-state index is 0.415. The summed E-state index contributed by atoms with van der Waals surface area (Å²) in [7, 11) is 0. The van der Waals surface area contributed by atoms with Gasteiger partial charge in [-0.15, -0.1) is 0 Å². The maximum absolute atomic E-state index is 9.49. The Morgan fingerprint density at radius 1 is 1.12 bits per heavy atom. The van der Waals surface area contributed by atoms with Crippen LogP contribution in [0.2, 0.25) is 0 Å². The molecule has 0 amide bonds. The highest BCUT2D eigenvalue weighted by Gasteiger charge is 2.01. The lowest BCUT2D eigenvalue weighted by Crippen LogP contribution is -1.78. The molecule has 90 valence electrons. The molecule has 17 heavy (non-hydrogen) atoms. The number of rotatable bonds is 2. The van der Waals surface area contributed by atoms with Gasteiger partial charge in [0.05, 0.1) is 5.76 Å². The number of aliphatic hydroxyl groups is 1. The van der Waals surface area contributed by atoms with E-state index in [1.165, 1.54) is 4.90 Å². The first-order valence-electron chi connectivity index (χ1n) is 5.84. The van der Waals surface area contributed by atoms with Crippen LogP contribution >= 0.6 is 11.8 Å². The average molecular weight is 246 g/mol. The molecule has 0 saturated heterocycles. The molecule has 0 spiro atoms. The third-order valence-corrected chi connectivity index (χ3v) is 3.01. The van der Waals surface area contributed by atoms with Crippen molar-refractivity contribution in [3.8, 4) is 0 Å². The van der Waals surface area contributed by atoms with E-state index in [1.807, 2.05) is 56.4 Å². The molecule has 0 aliphatic heterocycles. The number of hydrogen-bond donors (Lipinski definition) is 1. The Balaban J connectivity index is 0.000000686. The molecule has 1 N–H and O–H groups in total. The fraction of sp³-hybridized carbons (Fsp3) is 0.200. The molecule has 2 rings (SSSR count). The highest BCUT2D eigenvalue weighted by molar-refractivity contribution is 8.03. The molecule has 0 fully saturated rings. The Kier molecular flexibility index (Phi) is 6.26. The SMILES string of the molecule is CC.OC1=CC(Sc2ccccc2)=CC=CC1. The molecule has 0 heterocycles. The summed E-state index contributed by atoms with van der Waals surface area (Å²) in [6.07, 6.45) is 8.38. The Hall–Kier alpha value is -1.41. The molecular formula is C15H18OS. The van der Waals surface area contributed by atoms with Gasteiger partial charge in [0.15, 0.2) is 0 Å². The maximum Gasteiger partial charge on any atom is 0.0971 e. The third-order valence-electron chi connectivity index (χ3n) is 2.01. The van der Waals surface area contributed by atoms with E-state index in [9.17, 15) is 5.11 Å². The van der Waals surface area contributed by atoms with Gasteiger partial charge in [0.25, 0.3) is 0 Å². The zero-order valence-corrected chi connectivity index (χ0v) is 11.1. The fourth-order valence-corrected chi connectivity index (χ4v) is 2.22. The van der Waals surface area contributed by atoms with E-state index >= 15 is 0 Å². The number of aliphatic hydroxyl groups excluding tert-OH is 1. The minimum Gasteiger partial charge on any atom is -0.512 e. The molecule has 0 atom stereocenters. The normalized spacial score (nSPS) is 14.0. The van der Waals surface area contributed by atoms with Crippen LogP contribution in [0.4, 0.5) is 0 Å². The summed E-state index contributed by atoms with van der Waals surface area (Å²) in [6.45, 7) is 4.00. The average Bonchev–Trinajstić information content (AvgIpc) is 2.57. The van der Waals surface area contributed by atoms with Crippen LogP contribution in [0.3, 0.4) is 0 Å². The monoisotopic (exact) mass is 246 g/mol. The van der Waals surface area contributed by atoms with Crippen molar-refractivity contribution in [2.45, 2.75) is 25.2 Å². The van der Waals surface area contributed by atoms with Gasteiger partial charge in [-0.05, 0) is 24.3 Å². The highest BCUT2D eigenvalue weighted by atomic mass is 32.2. The van der Waals surface area contributed by atoms with Crippen molar-refractivity contribution in [3.05, 3.63) is 65.3 Å². The van der Waals surface area contributed by atoms with E-state index in [0.29, 0.717) is 12.2 Å². The minimum absolute atomic E-state index is 0.415. The van der Waals surface area contributed by atoms with Gasteiger partial charge in [-0.25, -0.2) is 0 Å². The molecule has 1 aromatic rings. The smallest absolute Gasteiger partial charge is 0.0971 e. The van der Waals surface area contributed by atoms with E-state index in [4.69, 9.17) is 0 Å². The summed E-state index contributed by atoms with van der Waals surface area (Å²) in [5, 5.41) is 9.49. The van der Waals surface area contributed by atoms with E-state index in [0.717, 1.165) is 4.91 Å². The summed E-state index contributed by atoms with van der Waals surface area (Å²) < 4.78 is 0. The van der Waals surface area contributed by atoms with Crippen molar-refractivity contribution in [2.75, 3.05) is 0 Å². The fourth-order valence-electron chi connectivity index (χ4n) is 1.31. The summed E-state index contributed by atoms with van der Waals surface area (Å²) in [5.41, 5.74) is 0. The Morgan fingerprint density at radius 2 is 1.82 bits per heavy atom. The van der Waals surface area contributed by atoms with Crippen LogP contribution in [-0.4, -0.2) is 5.11 Å². The molecule has 1 nitrogen and oxygen atoms in total. The van der Waals surface area contributed by atoms with E-state index in [2.05, 4.69) is 12.1 Å². The molecular weight excluding hydrogens is 228 g/mol. The van der Waals surface area contributed by atoms with Crippen molar-refractivity contribution >= 4 is 11.8 Å². The van der Waals surface area contributed by atoms with Gasteiger partial charge in [-0.3, -0.25) is 0 Å². The second-order valence-corrected chi connectivity index (χ2v) is 4.40. The Morgan fingerprint density at radius 3 is 2.53 bits per heavy atom. The van der Waals surface area contributed by atoms with Gasteiger partial charge in [0.2, 0.25) is 0 Å². The predicted octanol–water partition coefficient (Wildman–Crippen LogP) is 5.09. The van der Waals surface area contributed by atoms with Crippen LogP contribution in [0.5, 0.6) is 0 Å². The largest absolute Gasteiger partial charge is 0.512 e. The standard InChI is InChI=1S/C13H12OS.C2H6/c14-11-6-4-5-9-13(10-11)15-12-7-2-1-3-8-12;1-2/h1-5,7-10,14H,6H2;1-2H3. The lowest BCUT2D eigenvalue weighted by Gasteiger charge is -2.01. The summed E-state index contributed by atoms with van der Waals surface area (Å²) in [4.78, 5) is 2.25. The van der Waals surface area contributed by atoms with Gasteiger partial charge in [-0.1, -0.05) is 56.0 Å². The third kappa shape index (κ3) is 4.96. The number of allylic oxidation sites excluding steroid dienone is 4. The van der Waals surface area contributed by atoms with Gasteiger partial charge < -0.3 is 5.11 Å². The van der Waals surface area contributed by atoms with Crippen LogP contribution in [0.15, 0.2) is 70.2 Å². The van der Waals surface area contributed by atoms with E-state index in [-0.39, 0.29) is 0 Å². The van der Waals surface area contributed by atoms with Crippen molar-refractivity contribution < 1.29 is 5.11 Å². The topological polar surface area (TPSA) is 20.2 Å². The first-order chi connectivity index (χ1) is 8.34. The lowest BCUT2D eigenvalue weighted by atomic mass is 10.3. The summed E-state index contributed by atoms with van der Waals surface area (Å²) in [6, 6.07) is 10.1. The first-order valence-corrected chi connectivity index (χ1v) is 6.65. The number of hydrogen-bond acceptors (Lipinski definition) is 2. The van der Waals surface area contributed by atoms with Gasteiger partial charge >= 0.3 is 0 Å². The van der Waals surface area contributed by atoms with E-state index < -0.39 is 0 Å². The molecule has 0 radical (unpaired) electrons.